The molecule has 1 amide bonds. The van der Waals surface area contributed by atoms with Crippen LogP contribution in [0.2, 0.25) is 0 Å². The summed E-state index contributed by atoms with van der Waals surface area (Å²) in [6.45, 7) is 4.68. The molecule has 8 heteroatoms. The Morgan fingerprint density at radius 2 is 1.65 bits per heavy atom. The van der Waals surface area contributed by atoms with Gasteiger partial charge in [0.25, 0.3) is 0 Å². The van der Waals surface area contributed by atoms with Gasteiger partial charge < -0.3 is 9.80 Å². The molecule has 0 N–H and O–H groups in total. The first-order valence-electron chi connectivity index (χ1n) is 8.28. The van der Waals surface area contributed by atoms with E-state index in [4.69, 9.17) is 0 Å². The molecule has 0 atom stereocenters. The summed E-state index contributed by atoms with van der Waals surface area (Å²) in [5, 5.41) is 8.44. The molecule has 1 saturated heterocycles. The molecule has 1 aromatic heterocycles. The van der Waals surface area contributed by atoms with Crippen molar-refractivity contribution in [2.75, 3.05) is 31.1 Å². The lowest BCUT2D eigenvalue weighted by atomic mass is 10.0. The number of nitrogens with zero attached hydrogens (tertiary/aromatic N) is 4. The zero-order chi connectivity index (χ0) is 18.9. The minimum atomic E-state index is -4.82. The number of carbonyl (C=O) groups is 1. The second-order valence-corrected chi connectivity index (χ2v) is 6.35. The van der Waals surface area contributed by atoms with E-state index in [0.717, 1.165) is 16.2 Å². The number of aryl methyl sites for hydroxylation is 2. The average molecular weight is 364 g/mol. The standard InChI is InChI=1S/C18H19F3N4O/c1-12-3-4-14(11-13(12)2)15-5-6-16(23-22-15)24-7-9-25(10-8-24)17(26)18(19,20)21/h3-6,11H,7-10H2,1-2H3. The second-order valence-electron chi connectivity index (χ2n) is 6.35. The topological polar surface area (TPSA) is 49.3 Å². The molecule has 2 aromatic rings. The predicted molar refractivity (Wildman–Crippen MR) is 91.8 cm³/mol. The zero-order valence-corrected chi connectivity index (χ0v) is 14.5. The Bertz CT molecular complexity index is 797. The first-order chi connectivity index (χ1) is 12.3. The van der Waals surface area contributed by atoms with Crippen molar-refractivity contribution >= 4 is 11.7 Å². The Labute approximate surface area is 149 Å². The van der Waals surface area contributed by atoms with Gasteiger partial charge in [-0.3, -0.25) is 4.79 Å². The minimum Gasteiger partial charge on any atom is -0.352 e. The molecule has 3 rings (SSSR count). The van der Waals surface area contributed by atoms with Crippen LogP contribution >= 0.6 is 0 Å². The van der Waals surface area contributed by atoms with Crippen LogP contribution < -0.4 is 4.90 Å². The van der Waals surface area contributed by atoms with Gasteiger partial charge in [0, 0.05) is 31.7 Å². The van der Waals surface area contributed by atoms with Gasteiger partial charge in [0.1, 0.15) is 0 Å². The molecule has 2 heterocycles. The molecule has 0 saturated carbocycles. The summed E-state index contributed by atoms with van der Waals surface area (Å²) in [7, 11) is 0. The van der Waals surface area contributed by atoms with Crippen LogP contribution in [0.3, 0.4) is 0 Å². The van der Waals surface area contributed by atoms with E-state index in [1.54, 1.807) is 6.07 Å². The summed E-state index contributed by atoms with van der Waals surface area (Å²) in [6, 6.07) is 9.70. The first-order valence-corrected chi connectivity index (χ1v) is 8.28. The lowest BCUT2D eigenvalue weighted by molar-refractivity contribution is -0.185. The normalized spacial score (nSPS) is 15.3. The number of aromatic nitrogens is 2. The Balaban J connectivity index is 1.67. The Morgan fingerprint density at radius 3 is 2.19 bits per heavy atom. The fraction of sp³-hybridized carbons (Fsp3) is 0.389. The summed E-state index contributed by atoms with van der Waals surface area (Å²) in [5.41, 5.74) is 4.07. The molecule has 1 aliphatic rings. The number of amides is 1. The van der Waals surface area contributed by atoms with Crippen molar-refractivity contribution in [2.45, 2.75) is 20.0 Å². The van der Waals surface area contributed by atoms with Crippen LogP contribution in [0.15, 0.2) is 30.3 Å². The van der Waals surface area contributed by atoms with Crippen LogP contribution in [-0.4, -0.2) is 53.4 Å². The number of anilines is 1. The van der Waals surface area contributed by atoms with E-state index in [-0.39, 0.29) is 13.1 Å². The maximum atomic E-state index is 12.5. The second kappa shape index (κ2) is 6.93. The highest BCUT2D eigenvalue weighted by atomic mass is 19.4. The highest BCUT2D eigenvalue weighted by Gasteiger charge is 2.43. The smallest absolute Gasteiger partial charge is 0.352 e. The Hall–Kier alpha value is -2.64. The van der Waals surface area contributed by atoms with E-state index in [9.17, 15) is 18.0 Å². The van der Waals surface area contributed by atoms with Gasteiger partial charge in [-0.25, -0.2) is 0 Å². The summed E-state index contributed by atoms with van der Waals surface area (Å²) in [6.07, 6.45) is -4.82. The molecule has 0 bridgehead atoms. The van der Waals surface area contributed by atoms with Crippen LogP contribution in [-0.2, 0) is 4.79 Å². The molecule has 0 radical (unpaired) electrons. The van der Waals surface area contributed by atoms with Crippen molar-refractivity contribution in [1.29, 1.82) is 0 Å². The number of piperazine rings is 1. The van der Waals surface area contributed by atoms with Gasteiger partial charge in [0.15, 0.2) is 5.82 Å². The highest BCUT2D eigenvalue weighted by molar-refractivity contribution is 5.82. The summed E-state index contributed by atoms with van der Waals surface area (Å²) < 4.78 is 37.5. The van der Waals surface area contributed by atoms with Gasteiger partial charge in [-0.15, -0.1) is 10.2 Å². The van der Waals surface area contributed by atoms with Crippen LogP contribution in [0.25, 0.3) is 11.3 Å². The molecule has 5 nitrogen and oxygen atoms in total. The van der Waals surface area contributed by atoms with Gasteiger partial charge in [0.2, 0.25) is 0 Å². The maximum Gasteiger partial charge on any atom is 0.471 e. The van der Waals surface area contributed by atoms with Crippen LogP contribution in [0.5, 0.6) is 0 Å². The fourth-order valence-corrected chi connectivity index (χ4v) is 2.87. The highest BCUT2D eigenvalue weighted by Crippen LogP contribution is 2.23. The number of carbonyl (C=O) groups excluding carboxylic acids is 1. The van der Waals surface area contributed by atoms with Gasteiger partial charge >= 0.3 is 12.1 Å². The maximum absolute atomic E-state index is 12.5. The summed E-state index contributed by atoms with van der Waals surface area (Å²) in [5.74, 6) is -1.19. The summed E-state index contributed by atoms with van der Waals surface area (Å²) in [4.78, 5) is 13.9. The van der Waals surface area contributed by atoms with Crippen LogP contribution in [0.1, 0.15) is 11.1 Å². The first kappa shape index (κ1) is 18.2. The lowest BCUT2D eigenvalue weighted by Crippen LogP contribution is -2.52. The van der Waals surface area contributed by atoms with E-state index in [1.165, 1.54) is 11.1 Å². The molecule has 0 unspecified atom stereocenters. The van der Waals surface area contributed by atoms with Gasteiger partial charge in [-0.05, 0) is 43.2 Å². The van der Waals surface area contributed by atoms with E-state index < -0.39 is 12.1 Å². The summed E-state index contributed by atoms with van der Waals surface area (Å²) >= 11 is 0. The van der Waals surface area contributed by atoms with E-state index in [1.807, 2.05) is 43.0 Å². The number of hydrogen-bond donors (Lipinski definition) is 0. The Kier molecular flexibility index (Phi) is 4.84. The van der Waals surface area contributed by atoms with Crippen molar-refractivity contribution < 1.29 is 18.0 Å². The van der Waals surface area contributed by atoms with Gasteiger partial charge in [-0.2, -0.15) is 13.2 Å². The number of hydrogen-bond acceptors (Lipinski definition) is 4. The number of rotatable bonds is 2. The average Bonchev–Trinajstić information content (AvgIpc) is 2.63. The largest absolute Gasteiger partial charge is 0.471 e. The molecule has 1 fully saturated rings. The van der Waals surface area contributed by atoms with E-state index in [0.29, 0.717) is 18.9 Å². The van der Waals surface area contributed by atoms with Crippen molar-refractivity contribution in [3.05, 3.63) is 41.5 Å². The third kappa shape index (κ3) is 3.79. The fourth-order valence-electron chi connectivity index (χ4n) is 2.87. The van der Waals surface area contributed by atoms with Crippen molar-refractivity contribution in [1.82, 2.24) is 15.1 Å². The van der Waals surface area contributed by atoms with Crippen LogP contribution in [0.4, 0.5) is 19.0 Å². The minimum absolute atomic E-state index is 0.0128. The third-order valence-corrected chi connectivity index (χ3v) is 4.59. The number of benzene rings is 1. The molecule has 26 heavy (non-hydrogen) atoms. The van der Waals surface area contributed by atoms with Crippen molar-refractivity contribution in [3.8, 4) is 11.3 Å². The van der Waals surface area contributed by atoms with Gasteiger partial charge in [-0.1, -0.05) is 12.1 Å². The predicted octanol–water partition coefficient (Wildman–Crippen LogP) is 2.97. The quantitative estimate of drug-likeness (QED) is 0.822. The molecule has 1 aliphatic heterocycles. The molecule has 138 valence electrons. The number of alkyl halides is 3. The molecule has 0 spiro atoms. The molecule has 0 aliphatic carbocycles. The SMILES string of the molecule is Cc1ccc(-c2ccc(N3CCN(C(=O)C(F)(F)F)CC3)nn2)cc1C. The van der Waals surface area contributed by atoms with Gasteiger partial charge in [0.05, 0.1) is 5.69 Å². The number of halogens is 3. The molecule has 1 aromatic carbocycles. The molecular formula is C18H19F3N4O. The Morgan fingerprint density at radius 1 is 0.962 bits per heavy atom. The van der Waals surface area contributed by atoms with Crippen LogP contribution in [0, 0.1) is 13.8 Å². The third-order valence-electron chi connectivity index (χ3n) is 4.59. The van der Waals surface area contributed by atoms with E-state index >= 15 is 0 Å². The lowest BCUT2D eigenvalue weighted by Gasteiger charge is -2.35. The van der Waals surface area contributed by atoms with E-state index in [2.05, 4.69) is 10.2 Å². The van der Waals surface area contributed by atoms with Crippen molar-refractivity contribution in [2.24, 2.45) is 0 Å². The zero-order valence-electron chi connectivity index (χ0n) is 14.5. The monoisotopic (exact) mass is 364 g/mol. The molecular weight excluding hydrogens is 345 g/mol. The van der Waals surface area contributed by atoms with Crippen molar-refractivity contribution in [3.63, 3.8) is 0 Å².